The van der Waals surface area contributed by atoms with Crippen LogP contribution in [0.1, 0.15) is 23.2 Å². The molecule has 2 aromatic carbocycles. The van der Waals surface area contributed by atoms with Crippen molar-refractivity contribution >= 4 is 39.9 Å². The summed E-state index contributed by atoms with van der Waals surface area (Å²) in [4.78, 5) is 36.3. The molecule has 1 amide bonds. The second-order valence-electron chi connectivity index (χ2n) is 9.79. The van der Waals surface area contributed by atoms with Gasteiger partial charge in [-0.1, -0.05) is 17.7 Å². The number of nitrogens with zero attached hydrogens (tertiary/aromatic N) is 4. The molecule has 5 rings (SSSR count). The number of carbonyl (C=O) groups is 2. The predicted octanol–water partition coefficient (Wildman–Crippen LogP) is 4.20. The van der Waals surface area contributed by atoms with Crippen LogP contribution in [0.2, 0.25) is 5.02 Å². The Hall–Kier alpha value is -3.23. The Bertz CT molecular complexity index is 1330. The number of phenolic OH excluding ortho intramolecular Hbond substituents is 1. The number of likely N-dealkylation sites (N-methyl/N-ethyl adjacent to an activating group) is 1. The molecule has 2 fully saturated rings. The van der Waals surface area contributed by atoms with Gasteiger partial charge in [-0.25, -0.2) is 4.39 Å². The second kappa shape index (κ2) is 9.67. The summed E-state index contributed by atoms with van der Waals surface area (Å²) >= 11 is 6.03. The number of benzene rings is 2. The molecule has 2 heterocycles. The molecule has 0 unspecified atom stereocenters. The molecule has 36 heavy (non-hydrogen) atoms. The van der Waals surface area contributed by atoms with Gasteiger partial charge in [-0.05, 0) is 62.3 Å². The normalized spacial score (nSPS) is 16.1. The first-order chi connectivity index (χ1) is 17.2. The Morgan fingerprint density at radius 3 is 2.47 bits per heavy atom. The molecule has 7 nitrogen and oxygen atoms in total. The zero-order valence-corrected chi connectivity index (χ0v) is 21.1. The van der Waals surface area contributed by atoms with Gasteiger partial charge >= 0.3 is 0 Å². The number of carbonyl (C=O) groups excluding carboxylic acids is 2. The molecule has 188 valence electrons. The van der Waals surface area contributed by atoms with Crippen LogP contribution in [-0.2, 0) is 4.79 Å². The standard InChI is InChI=1S/C27H28ClFN4O3/c1-31(2)15-24(34)32-7-9-33(10-8-32)25-19-11-17(18-12-21(28)27(36)22(29)13-18)5-6-23(19)30-14-20(25)26(35)16-3-4-16/h5-6,11-14,16,36H,3-4,7-10,15H2,1-2H3. The lowest BCUT2D eigenvalue weighted by atomic mass is 9.98. The maximum Gasteiger partial charge on any atom is 0.236 e. The Kier molecular flexibility index (Phi) is 6.57. The van der Waals surface area contributed by atoms with Crippen molar-refractivity contribution in [2.24, 2.45) is 5.92 Å². The van der Waals surface area contributed by atoms with Crippen LogP contribution in [-0.4, -0.2) is 78.4 Å². The number of aromatic nitrogens is 1. The fraction of sp³-hybridized carbons (Fsp3) is 0.370. The van der Waals surface area contributed by atoms with Crippen LogP contribution in [0.15, 0.2) is 36.5 Å². The SMILES string of the molecule is CN(C)CC(=O)N1CCN(c2c(C(=O)C3CC3)cnc3ccc(-c4cc(F)c(O)c(Cl)c4)cc23)CC1. The number of rotatable bonds is 6. The van der Waals surface area contributed by atoms with Gasteiger partial charge in [0, 0.05) is 43.7 Å². The van der Waals surface area contributed by atoms with Gasteiger partial charge in [-0.2, -0.15) is 0 Å². The van der Waals surface area contributed by atoms with Crippen molar-refractivity contribution in [1.29, 1.82) is 0 Å². The van der Waals surface area contributed by atoms with Crippen molar-refractivity contribution in [2.75, 3.05) is 51.7 Å². The number of Topliss-reactive ketones (excluding diaryl/α,β-unsaturated/α-hetero) is 1. The molecular formula is C27H28ClFN4O3. The van der Waals surface area contributed by atoms with Gasteiger partial charge in [-0.3, -0.25) is 14.6 Å². The van der Waals surface area contributed by atoms with E-state index in [-0.39, 0.29) is 22.6 Å². The molecule has 1 saturated carbocycles. The van der Waals surface area contributed by atoms with E-state index in [0.29, 0.717) is 49.4 Å². The van der Waals surface area contributed by atoms with Crippen LogP contribution >= 0.6 is 11.6 Å². The highest BCUT2D eigenvalue weighted by Crippen LogP contribution is 2.40. The van der Waals surface area contributed by atoms with Crippen LogP contribution in [0.25, 0.3) is 22.0 Å². The number of ketones is 1. The van der Waals surface area contributed by atoms with E-state index < -0.39 is 11.6 Å². The zero-order valence-electron chi connectivity index (χ0n) is 20.3. The van der Waals surface area contributed by atoms with E-state index in [9.17, 15) is 19.1 Å². The third kappa shape index (κ3) is 4.75. The molecule has 0 bridgehead atoms. The molecule has 0 spiro atoms. The fourth-order valence-corrected chi connectivity index (χ4v) is 4.93. The van der Waals surface area contributed by atoms with Crippen molar-refractivity contribution in [3.8, 4) is 16.9 Å². The molecule has 2 aliphatic rings. The molecular weight excluding hydrogens is 483 g/mol. The summed E-state index contributed by atoms with van der Waals surface area (Å²) in [6.07, 6.45) is 3.43. The summed E-state index contributed by atoms with van der Waals surface area (Å²) in [6, 6.07) is 8.32. The number of halogens is 2. The predicted molar refractivity (Wildman–Crippen MR) is 138 cm³/mol. The number of hydrogen-bond acceptors (Lipinski definition) is 6. The summed E-state index contributed by atoms with van der Waals surface area (Å²) in [5.74, 6) is -1.18. The Morgan fingerprint density at radius 2 is 1.83 bits per heavy atom. The maximum absolute atomic E-state index is 14.2. The van der Waals surface area contributed by atoms with E-state index in [4.69, 9.17) is 11.6 Å². The lowest BCUT2D eigenvalue weighted by molar-refractivity contribution is -0.132. The van der Waals surface area contributed by atoms with Crippen LogP contribution in [0.4, 0.5) is 10.1 Å². The van der Waals surface area contributed by atoms with Crippen molar-refractivity contribution in [3.05, 3.63) is 52.9 Å². The highest BCUT2D eigenvalue weighted by atomic mass is 35.5. The number of hydrogen-bond donors (Lipinski definition) is 1. The highest BCUT2D eigenvalue weighted by molar-refractivity contribution is 6.32. The summed E-state index contributed by atoms with van der Waals surface area (Å²) in [7, 11) is 3.75. The van der Waals surface area contributed by atoms with Gasteiger partial charge in [0.1, 0.15) is 0 Å². The lowest BCUT2D eigenvalue weighted by Crippen LogP contribution is -2.51. The minimum absolute atomic E-state index is 0.0270. The number of aromatic hydroxyl groups is 1. The van der Waals surface area contributed by atoms with Gasteiger partial charge in [0.05, 0.1) is 28.3 Å². The Morgan fingerprint density at radius 1 is 1.11 bits per heavy atom. The second-order valence-corrected chi connectivity index (χ2v) is 10.2. The van der Waals surface area contributed by atoms with Gasteiger partial charge < -0.3 is 19.8 Å². The number of amides is 1. The summed E-state index contributed by atoms with van der Waals surface area (Å²) in [5, 5.41) is 10.5. The number of pyridine rings is 1. The Labute approximate surface area is 214 Å². The minimum atomic E-state index is -0.799. The van der Waals surface area contributed by atoms with Gasteiger partial charge in [0.25, 0.3) is 0 Å². The first kappa shape index (κ1) is 24.5. The van der Waals surface area contributed by atoms with Crippen molar-refractivity contribution in [2.45, 2.75) is 12.8 Å². The van der Waals surface area contributed by atoms with Crippen LogP contribution < -0.4 is 4.90 Å². The highest BCUT2D eigenvalue weighted by Gasteiger charge is 2.34. The third-order valence-electron chi connectivity index (χ3n) is 6.80. The van der Waals surface area contributed by atoms with E-state index in [0.717, 1.165) is 29.4 Å². The smallest absolute Gasteiger partial charge is 0.236 e. The quantitative estimate of drug-likeness (QED) is 0.501. The molecule has 1 aromatic heterocycles. The van der Waals surface area contributed by atoms with E-state index in [1.54, 1.807) is 6.20 Å². The number of fused-ring (bicyclic) bond motifs is 1. The monoisotopic (exact) mass is 510 g/mol. The molecule has 1 aliphatic heterocycles. The first-order valence-corrected chi connectivity index (χ1v) is 12.4. The third-order valence-corrected chi connectivity index (χ3v) is 7.09. The van der Waals surface area contributed by atoms with Gasteiger partial charge in [0.2, 0.25) is 5.91 Å². The van der Waals surface area contributed by atoms with Crippen LogP contribution in [0, 0.1) is 11.7 Å². The molecule has 1 N–H and O–H groups in total. The van der Waals surface area contributed by atoms with Crippen LogP contribution in [0.3, 0.4) is 0 Å². The van der Waals surface area contributed by atoms with Crippen molar-refractivity contribution in [3.63, 3.8) is 0 Å². The summed E-state index contributed by atoms with van der Waals surface area (Å²) in [6.45, 7) is 2.66. The maximum atomic E-state index is 14.2. The van der Waals surface area contributed by atoms with E-state index in [2.05, 4.69) is 9.88 Å². The molecule has 0 atom stereocenters. The van der Waals surface area contributed by atoms with Gasteiger partial charge in [0.15, 0.2) is 17.3 Å². The fourth-order valence-electron chi connectivity index (χ4n) is 4.73. The molecule has 9 heteroatoms. The van der Waals surface area contributed by atoms with E-state index >= 15 is 0 Å². The molecule has 3 aromatic rings. The first-order valence-electron chi connectivity index (χ1n) is 12.1. The lowest BCUT2D eigenvalue weighted by Gasteiger charge is -2.37. The topological polar surface area (TPSA) is 77.0 Å². The Balaban J connectivity index is 1.56. The average Bonchev–Trinajstić information content (AvgIpc) is 3.71. The number of phenols is 1. The van der Waals surface area contributed by atoms with E-state index in [1.807, 2.05) is 42.1 Å². The number of piperazine rings is 1. The largest absolute Gasteiger partial charge is 0.504 e. The van der Waals surface area contributed by atoms with Gasteiger partial charge in [-0.15, -0.1) is 0 Å². The summed E-state index contributed by atoms with van der Waals surface area (Å²) in [5.41, 5.74) is 3.33. The zero-order chi connectivity index (χ0) is 25.6. The minimum Gasteiger partial charge on any atom is -0.504 e. The molecule has 1 saturated heterocycles. The molecule has 0 radical (unpaired) electrons. The molecule has 1 aliphatic carbocycles. The summed E-state index contributed by atoms with van der Waals surface area (Å²) < 4.78 is 14.2. The van der Waals surface area contributed by atoms with Crippen LogP contribution in [0.5, 0.6) is 5.75 Å². The van der Waals surface area contributed by atoms with Crippen molar-refractivity contribution < 1.29 is 19.1 Å². The average molecular weight is 511 g/mol. The van der Waals surface area contributed by atoms with E-state index in [1.165, 1.54) is 12.1 Å². The number of anilines is 1. The van der Waals surface area contributed by atoms with Crippen molar-refractivity contribution in [1.82, 2.24) is 14.8 Å².